The van der Waals surface area contributed by atoms with E-state index in [0.29, 0.717) is 15.6 Å². The van der Waals surface area contributed by atoms with Crippen molar-refractivity contribution in [3.63, 3.8) is 0 Å². The van der Waals surface area contributed by atoms with Gasteiger partial charge in [0.25, 0.3) is 0 Å². The van der Waals surface area contributed by atoms with Crippen LogP contribution in [0.4, 0.5) is 0 Å². The average Bonchev–Trinajstić information content (AvgIpc) is 2.54. The first-order chi connectivity index (χ1) is 10.5. The second-order valence-electron chi connectivity index (χ2n) is 4.18. The van der Waals surface area contributed by atoms with Crippen molar-refractivity contribution in [1.29, 1.82) is 0 Å². The fraction of sp³-hybridized carbons (Fsp3) is 0.133. The topological polar surface area (TPSA) is 56.3 Å². The van der Waals surface area contributed by atoms with Crippen molar-refractivity contribution in [3.8, 4) is 0 Å². The first-order valence-corrected chi connectivity index (χ1v) is 8.15. The first-order valence-electron chi connectivity index (χ1n) is 6.17. The van der Waals surface area contributed by atoms with Crippen LogP contribution in [0.15, 0.2) is 41.6 Å². The number of rotatable bonds is 5. The number of ketones is 1. The van der Waals surface area contributed by atoms with Gasteiger partial charge in [-0.2, -0.15) is 0 Å². The van der Waals surface area contributed by atoms with Crippen LogP contribution in [0.2, 0.25) is 10.0 Å². The number of ether oxygens (including phenoxy) is 1. The lowest BCUT2D eigenvalue weighted by Gasteiger charge is -2.08. The molecular weight excluding hydrogens is 345 g/mol. The monoisotopic (exact) mass is 355 g/mol. The average molecular weight is 356 g/mol. The van der Waals surface area contributed by atoms with E-state index in [1.165, 1.54) is 23.9 Å². The number of nitrogens with zero attached hydrogens (tertiary/aromatic N) is 1. The molecule has 0 aliphatic heterocycles. The number of carbonyl (C=O) groups is 2. The van der Waals surface area contributed by atoms with Crippen LogP contribution < -0.4 is 0 Å². The second kappa shape index (κ2) is 7.63. The van der Waals surface area contributed by atoms with Gasteiger partial charge in [0.2, 0.25) is 5.78 Å². The maximum atomic E-state index is 12.1. The maximum Gasteiger partial charge on any atom is 0.341 e. The molecule has 114 valence electrons. The quantitative estimate of drug-likeness (QED) is 0.458. The molecule has 1 heterocycles. The number of hydrogen-bond donors (Lipinski definition) is 0. The SMILES string of the molecule is CSc1ncccc1C(=O)OCC(=O)c1cc(Cl)ccc1Cl. The zero-order valence-electron chi connectivity index (χ0n) is 11.5. The van der Waals surface area contributed by atoms with Crippen LogP contribution in [0.5, 0.6) is 0 Å². The van der Waals surface area contributed by atoms with Crippen molar-refractivity contribution in [2.45, 2.75) is 5.03 Å². The zero-order valence-corrected chi connectivity index (χ0v) is 13.8. The Balaban J connectivity index is 2.08. The van der Waals surface area contributed by atoms with E-state index in [-0.39, 0.29) is 10.6 Å². The van der Waals surface area contributed by atoms with E-state index in [9.17, 15) is 9.59 Å². The lowest BCUT2D eigenvalue weighted by atomic mass is 10.1. The summed E-state index contributed by atoms with van der Waals surface area (Å²) in [5.41, 5.74) is 0.540. The molecule has 0 aliphatic rings. The molecule has 22 heavy (non-hydrogen) atoms. The van der Waals surface area contributed by atoms with Gasteiger partial charge in [0.05, 0.1) is 10.6 Å². The normalized spacial score (nSPS) is 10.3. The van der Waals surface area contributed by atoms with E-state index in [1.54, 1.807) is 30.7 Å². The minimum absolute atomic E-state index is 0.221. The van der Waals surface area contributed by atoms with Crippen LogP contribution in [0, 0.1) is 0 Å². The van der Waals surface area contributed by atoms with Gasteiger partial charge < -0.3 is 4.74 Å². The summed E-state index contributed by atoms with van der Waals surface area (Å²) in [5.74, 6) is -1.03. The van der Waals surface area contributed by atoms with Crippen molar-refractivity contribution >= 4 is 46.7 Å². The fourth-order valence-electron chi connectivity index (χ4n) is 1.71. The number of carbonyl (C=O) groups excluding carboxylic acids is 2. The van der Waals surface area contributed by atoms with Crippen LogP contribution in [-0.2, 0) is 4.74 Å². The molecule has 4 nitrogen and oxygen atoms in total. The van der Waals surface area contributed by atoms with Gasteiger partial charge >= 0.3 is 5.97 Å². The van der Waals surface area contributed by atoms with Gasteiger partial charge in [-0.1, -0.05) is 23.2 Å². The summed E-state index contributed by atoms with van der Waals surface area (Å²) in [7, 11) is 0. The highest BCUT2D eigenvalue weighted by Crippen LogP contribution is 2.22. The molecule has 7 heteroatoms. The molecule has 0 bridgehead atoms. The standard InChI is InChI=1S/C15H11Cl2NO3S/c1-22-14-10(3-2-6-18-14)15(20)21-8-13(19)11-7-9(16)4-5-12(11)17/h2-7H,8H2,1H3. The summed E-state index contributed by atoms with van der Waals surface area (Å²) in [6, 6.07) is 7.76. The van der Waals surface area contributed by atoms with E-state index in [4.69, 9.17) is 27.9 Å². The van der Waals surface area contributed by atoms with Crippen LogP contribution in [0.25, 0.3) is 0 Å². The number of esters is 1. The number of thioether (sulfide) groups is 1. The number of hydrogen-bond acceptors (Lipinski definition) is 5. The van der Waals surface area contributed by atoms with Gasteiger partial charge in [0.1, 0.15) is 5.03 Å². The summed E-state index contributed by atoms with van der Waals surface area (Å²) in [6.07, 6.45) is 3.38. The van der Waals surface area contributed by atoms with E-state index in [0.717, 1.165) is 0 Å². The molecule has 0 aliphatic carbocycles. The van der Waals surface area contributed by atoms with E-state index in [2.05, 4.69) is 4.98 Å². The van der Waals surface area contributed by atoms with Gasteiger partial charge in [0, 0.05) is 16.8 Å². The molecule has 0 N–H and O–H groups in total. The van der Waals surface area contributed by atoms with E-state index >= 15 is 0 Å². The number of halogens is 2. The Kier molecular flexibility index (Phi) is 5.83. The zero-order chi connectivity index (χ0) is 16.1. The van der Waals surface area contributed by atoms with Crippen LogP contribution in [0.3, 0.4) is 0 Å². The van der Waals surface area contributed by atoms with Crippen LogP contribution >= 0.6 is 35.0 Å². The fourth-order valence-corrected chi connectivity index (χ4v) is 2.64. The van der Waals surface area contributed by atoms with E-state index in [1.807, 2.05) is 0 Å². The molecular formula is C15H11Cl2NO3S. The van der Waals surface area contributed by atoms with Crippen molar-refractivity contribution in [2.75, 3.05) is 12.9 Å². The third-order valence-corrected chi connectivity index (χ3v) is 4.02. The maximum absolute atomic E-state index is 12.1. The molecule has 0 fully saturated rings. The Morgan fingerprint density at radius 1 is 1.23 bits per heavy atom. The van der Waals surface area contributed by atoms with Gasteiger partial charge in [-0.05, 0) is 36.6 Å². The highest BCUT2D eigenvalue weighted by molar-refractivity contribution is 7.98. The minimum Gasteiger partial charge on any atom is -0.454 e. The Hall–Kier alpha value is -1.56. The van der Waals surface area contributed by atoms with Crippen LogP contribution in [-0.4, -0.2) is 29.6 Å². The van der Waals surface area contributed by atoms with Crippen molar-refractivity contribution in [1.82, 2.24) is 4.98 Å². The number of benzene rings is 1. The van der Waals surface area contributed by atoms with Gasteiger partial charge in [0.15, 0.2) is 6.61 Å². The van der Waals surface area contributed by atoms with Gasteiger partial charge in [-0.25, -0.2) is 9.78 Å². The first kappa shape index (κ1) is 16.8. The molecule has 2 aromatic rings. The second-order valence-corrected chi connectivity index (χ2v) is 5.82. The summed E-state index contributed by atoms with van der Waals surface area (Å²) in [4.78, 5) is 28.2. The molecule has 1 aromatic heterocycles. The Bertz CT molecular complexity index is 722. The third-order valence-electron chi connectivity index (χ3n) is 2.75. The van der Waals surface area contributed by atoms with Gasteiger partial charge in [-0.15, -0.1) is 11.8 Å². The predicted octanol–water partition coefficient (Wildman–Crippen LogP) is 4.15. The molecule has 0 unspecified atom stereocenters. The summed E-state index contributed by atoms with van der Waals surface area (Å²) >= 11 is 13.1. The molecule has 0 saturated heterocycles. The molecule has 0 spiro atoms. The van der Waals surface area contributed by atoms with E-state index < -0.39 is 18.4 Å². The highest BCUT2D eigenvalue weighted by Gasteiger charge is 2.17. The largest absolute Gasteiger partial charge is 0.454 e. The summed E-state index contributed by atoms with van der Waals surface area (Å²) in [6.45, 7) is -0.415. The Morgan fingerprint density at radius 3 is 2.73 bits per heavy atom. The van der Waals surface area contributed by atoms with Crippen molar-refractivity contribution in [3.05, 3.63) is 57.7 Å². The number of Topliss-reactive ketones (excluding diaryl/α,β-unsaturated/α-hetero) is 1. The molecule has 0 amide bonds. The minimum atomic E-state index is -0.607. The predicted molar refractivity (Wildman–Crippen MR) is 87.1 cm³/mol. The Morgan fingerprint density at radius 2 is 2.00 bits per heavy atom. The van der Waals surface area contributed by atoms with Gasteiger partial charge in [-0.3, -0.25) is 4.79 Å². The molecule has 0 radical (unpaired) electrons. The lowest BCUT2D eigenvalue weighted by Crippen LogP contribution is -2.15. The summed E-state index contributed by atoms with van der Waals surface area (Å²) < 4.78 is 5.04. The molecule has 0 saturated carbocycles. The third kappa shape index (κ3) is 4.00. The lowest BCUT2D eigenvalue weighted by molar-refractivity contribution is 0.0470. The summed E-state index contributed by atoms with van der Waals surface area (Å²) in [5, 5.41) is 1.19. The molecule has 2 rings (SSSR count). The Labute approximate surface area is 141 Å². The highest BCUT2D eigenvalue weighted by atomic mass is 35.5. The van der Waals surface area contributed by atoms with Crippen molar-refractivity contribution < 1.29 is 14.3 Å². The smallest absolute Gasteiger partial charge is 0.341 e. The number of aromatic nitrogens is 1. The molecule has 1 aromatic carbocycles. The van der Waals surface area contributed by atoms with Crippen molar-refractivity contribution in [2.24, 2.45) is 0 Å². The number of pyridine rings is 1. The molecule has 0 atom stereocenters. The van der Waals surface area contributed by atoms with Crippen LogP contribution in [0.1, 0.15) is 20.7 Å².